The van der Waals surface area contributed by atoms with Gasteiger partial charge in [-0.1, -0.05) is 0 Å². The van der Waals surface area contributed by atoms with Gasteiger partial charge in [0.1, 0.15) is 23.0 Å². The van der Waals surface area contributed by atoms with Gasteiger partial charge in [0.2, 0.25) is 0 Å². The lowest BCUT2D eigenvalue weighted by atomic mass is 9.61. The van der Waals surface area contributed by atoms with Crippen LogP contribution < -0.4 is 5.32 Å². The number of aromatic amines is 1. The van der Waals surface area contributed by atoms with Crippen LogP contribution in [0.4, 0.5) is 4.39 Å². The van der Waals surface area contributed by atoms with Crippen LogP contribution in [0.5, 0.6) is 0 Å². The standard InChI is InChI=1S/C21H22FN5O3/c1-27-9-15(25-19(27)14-8-24-18-13(14)6-12(22)7-23-18)20(28)26-17-11-4-2-10(3-5-11)16(17)21(29)30/h6-11,16-17H,2-5H2,1H3,(H,23,24)(H,26,28)(H,29,30)/t10-,11+,16-,17-/m0/s1. The van der Waals surface area contributed by atoms with Crippen LogP contribution in [0.1, 0.15) is 36.2 Å². The lowest BCUT2D eigenvalue weighted by Crippen LogP contribution is -2.56. The molecule has 2 bridgehead atoms. The number of carbonyl (C=O) groups excluding carboxylic acids is 1. The van der Waals surface area contributed by atoms with Crippen LogP contribution in [0.15, 0.2) is 24.7 Å². The summed E-state index contributed by atoms with van der Waals surface area (Å²) in [6, 6.07) is 0.998. The van der Waals surface area contributed by atoms with E-state index in [4.69, 9.17) is 0 Å². The number of pyridine rings is 1. The monoisotopic (exact) mass is 411 g/mol. The van der Waals surface area contributed by atoms with Crippen LogP contribution >= 0.6 is 0 Å². The molecule has 3 saturated carbocycles. The molecule has 0 radical (unpaired) electrons. The Kier molecular flexibility index (Phi) is 4.34. The second-order valence-corrected chi connectivity index (χ2v) is 8.35. The maximum Gasteiger partial charge on any atom is 0.308 e. The smallest absolute Gasteiger partial charge is 0.308 e. The molecule has 0 unspecified atom stereocenters. The van der Waals surface area contributed by atoms with Crippen molar-refractivity contribution >= 4 is 22.9 Å². The van der Waals surface area contributed by atoms with E-state index in [1.807, 2.05) is 0 Å². The lowest BCUT2D eigenvalue weighted by molar-refractivity contribution is -0.149. The molecule has 0 spiro atoms. The first-order valence-electron chi connectivity index (χ1n) is 10.1. The van der Waals surface area contributed by atoms with Crippen molar-refractivity contribution in [2.45, 2.75) is 31.7 Å². The highest BCUT2D eigenvalue weighted by atomic mass is 19.1. The van der Waals surface area contributed by atoms with Crippen LogP contribution in [0.2, 0.25) is 0 Å². The van der Waals surface area contributed by atoms with Gasteiger partial charge in [-0.25, -0.2) is 14.4 Å². The Hall–Kier alpha value is -3.23. The Morgan fingerprint density at radius 1 is 1.27 bits per heavy atom. The number of amides is 1. The zero-order chi connectivity index (χ0) is 21.0. The number of carboxylic acid groups (broad SMARTS) is 1. The summed E-state index contributed by atoms with van der Waals surface area (Å²) in [5.74, 6) is -1.43. The number of nitrogens with zero attached hydrogens (tertiary/aromatic N) is 3. The number of nitrogens with one attached hydrogen (secondary N) is 2. The molecule has 3 aromatic rings. The molecule has 8 nitrogen and oxygen atoms in total. The van der Waals surface area contributed by atoms with Crippen molar-refractivity contribution in [3.05, 3.63) is 36.2 Å². The summed E-state index contributed by atoms with van der Waals surface area (Å²) in [6.07, 6.45) is 8.13. The van der Waals surface area contributed by atoms with Crippen molar-refractivity contribution in [2.75, 3.05) is 0 Å². The van der Waals surface area contributed by atoms with E-state index in [2.05, 4.69) is 20.3 Å². The van der Waals surface area contributed by atoms with Gasteiger partial charge in [0.05, 0.1) is 12.1 Å². The summed E-state index contributed by atoms with van der Waals surface area (Å²) in [7, 11) is 1.76. The molecule has 1 amide bonds. The average molecular weight is 411 g/mol. The number of carboxylic acids is 1. The van der Waals surface area contributed by atoms with Crippen molar-refractivity contribution in [3.8, 4) is 11.4 Å². The first kappa shape index (κ1) is 18.8. The number of imidazole rings is 1. The molecule has 3 aromatic heterocycles. The molecule has 3 fully saturated rings. The van der Waals surface area contributed by atoms with Gasteiger partial charge in [-0.2, -0.15) is 0 Å². The molecule has 30 heavy (non-hydrogen) atoms. The summed E-state index contributed by atoms with van der Waals surface area (Å²) >= 11 is 0. The zero-order valence-corrected chi connectivity index (χ0v) is 16.4. The predicted molar refractivity (Wildman–Crippen MR) is 106 cm³/mol. The lowest BCUT2D eigenvalue weighted by Gasteiger charge is -2.46. The maximum atomic E-state index is 13.7. The van der Waals surface area contributed by atoms with Gasteiger partial charge in [0.15, 0.2) is 0 Å². The highest BCUT2D eigenvalue weighted by Gasteiger charge is 2.48. The van der Waals surface area contributed by atoms with Gasteiger partial charge in [-0.05, 0) is 43.6 Å². The maximum absolute atomic E-state index is 13.7. The molecule has 3 aliphatic carbocycles. The molecule has 3 aliphatic rings. The van der Waals surface area contributed by atoms with E-state index in [1.54, 1.807) is 24.0 Å². The quantitative estimate of drug-likeness (QED) is 0.611. The Balaban J connectivity index is 1.43. The highest BCUT2D eigenvalue weighted by Crippen LogP contribution is 2.45. The summed E-state index contributed by atoms with van der Waals surface area (Å²) in [5.41, 5.74) is 1.37. The Morgan fingerprint density at radius 3 is 2.73 bits per heavy atom. The normalized spacial score (nSPS) is 25.5. The summed E-state index contributed by atoms with van der Waals surface area (Å²) in [4.78, 5) is 36.2. The number of fused-ring (bicyclic) bond motifs is 4. The van der Waals surface area contributed by atoms with E-state index in [1.165, 1.54) is 6.07 Å². The van der Waals surface area contributed by atoms with Gasteiger partial charge in [-0.15, -0.1) is 0 Å². The fourth-order valence-corrected chi connectivity index (χ4v) is 5.23. The van der Waals surface area contributed by atoms with E-state index < -0.39 is 17.7 Å². The third-order valence-corrected chi connectivity index (χ3v) is 6.65. The van der Waals surface area contributed by atoms with Crippen LogP contribution in [0.3, 0.4) is 0 Å². The summed E-state index contributed by atoms with van der Waals surface area (Å²) < 4.78 is 15.4. The van der Waals surface area contributed by atoms with Crippen molar-refractivity contribution in [2.24, 2.45) is 24.8 Å². The molecular formula is C21H22FN5O3. The van der Waals surface area contributed by atoms with E-state index in [0.29, 0.717) is 22.4 Å². The first-order chi connectivity index (χ1) is 14.4. The molecule has 0 aliphatic heterocycles. The minimum Gasteiger partial charge on any atom is -0.481 e. The number of halogens is 1. The van der Waals surface area contributed by atoms with Crippen LogP contribution in [0, 0.1) is 23.6 Å². The Bertz CT molecular complexity index is 1140. The van der Waals surface area contributed by atoms with Gasteiger partial charge < -0.3 is 20.0 Å². The number of aromatic nitrogens is 4. The van der Waals surface area contributed by atoms with E-state index >= 15 is 0 Å². The number of H-pyrrole nitrogens is 1. The average Bonchev–Trinajstić information content (AvgIpc) is 3.31. The molecule has 3 heterocycles. The second kappa shape index (κ2) is 6.93. The van der Waals surface area contributed by atoms with Crippen molar-refractivity contribution < 1.29 is 19.1 Å². The molecule has 156 valence electrons. The van der Waals surface area contributed by atoms with E-state index in [9.17, 15) is 19.1 Å². The molecule has 9 heteroatoms. The van der Waals surface area contributed by atoms with Crippen molar-refractivity contribution in [3.63, 3.8) is 0 Å². The molecular weight excluding hydrogens is 389 g/mol. The number of rotatable bonds is 4. The molecule has 3 N–H and O–H groups in total. The molecule has 2 atom stereocenters. The fraction of sp³-hybridized carbons (Fsp3) is 0.429. The van der Waals surface area contributed by atoms with Crippen molar-refractivity contribution in [1.29, 1.82) is 0 Å². The minimum absolute atomic E-state index is 0.116. The fourth-order valence-electron chi connectivity index (χ4n) is 5.23. The van der Waals surface area contributed by atoms with Crippen LogP contribution in [-0.2, 0) is 11.8 Å². The van der Waals surface area contributed by atoms with E-state index in [-0.39, 0.29) is 29.5 Å². The van der Waals surface area contributed by atoms with Crippen molar-refractivity contribution in [1.82, 2.24) is 24.8 Å². The number of hydrogen-bond donors (Lipinski definition) is 3. The largest absolute Gasteiger partial charge is 0.481 e. The Morgan fingerprint density at radius 2 is 2.00 bits per heavy atom. The van der Waals surface area contributed by atoms with E-state index in [0.717, 1.165) is 31.9 Å². The highest BCUT2D eigenvalue weighted by molar-refractivity contribution is 5.95. The number of aliphatic carboxylic acids is 1. The second-order valence-electron chi connectivity index (χ2n) is 8.35. The summed E-state index contributed by atoms with van der Waals surface area (Å²) in [5, 5.41) is 13.2. The molecule has 6 rings (SSSR count). The third-order valence-electron chi connectivity index (χ3n) is 6.65. The Labute approximate surface area is 171 Å². The topological polar surface area (TPSA) is 113 Å². The van der Waals surface area contributed by atoms with Crippen LogP contribution in [-0.4, -0.2) is 42.5 Å². The van der Waals surface area contributed by atoms with Gasteiger partial charge in [0.25, 0.3) is 5.91 Å². The van der Waals surface area contributed by atoms with Gasteiger partial charge in [0, 0.05) is 36.4 Å². The third kappa shape index (κ3) is 2.96. The SMILES string of the molecule is Cn1cc(C(=O)N[C@H]2[C@H]3CC[C@H](CC3)[C@@H]2C(=O)O)nc1-c1c[nH]c2ncc(F)cc12. The number of aryl methyl sites for hydroxylation is 1. The molecule has 0 aromatic carbocycles. The zero-order valence-electron chi connectivity index (χ0n) is 16.4. The van der Waals surface area contributed by atoms with Crippen LogP contribution in [0.25, 0.3) is 22.4 Å². The van der Waals surface area contributed by atoms with Gasteiger partial charge >= 0.3 is 5.97 Å². The predicted octanol–water partition coefficient (Wildman–Crippen LogP) is 2.72. The first-order valence-corrected chi connectivity index (χ1v) is 10.1. The van der Waals surface area contributed by atoms with Gasteiger partial charge in [-0.3, -0.25) is 9.59 Å². The number of carbonyl (C=O) groups is 2. The number of hydrogen-bond acceptors (Lipinski definition) is 4. The molecule has 0 saturated heterocycles. The minimum atomic E-state index is -0.843. The summed E-state index contributed by atoms with van der Waals surface area (Å²) in [6.45, 7) is 0.